The molecule has 2 aliphatic heterocycles. The van der Waals surface area contributed by atoms with Crippen molar-refractivity contribution in [2.24, 2.45) is 10.2 Å². The highest BCUT2D eigenvalue weighted by Crippen LogP contribution is 2.41. The van der Waals surface area contributed by atoms with Crippen LogP contribution >= 0.6 is 161 Å². The van der Waals surface area contributed by atoms with E-state index in [9.17, 15) is 28.5 Å². The van der Waals surface area contributed by atoms with Gasteiger partial charge in [0.1, 0.15) is 70.0 Å². The monoisotopic (exact) mass is 1520 g/mol. The van der Waals surface area contributed by atoms with Crippen LogP contribution in [0.1, 0.15) is 64.8 Å². The van der Waals surface area contributed by atoms with E-state index in [0.717, 1.165) is 11.3 Å². The number of Topliss-reactive ketones (excluding diaryl/α,β-unsaturated/α-hetero) is 5. The molecule has 0 saturated carbocycles. The number of alkyl halides is 8. The number of ketones is 5. The van der Waals surface area contributed by atoms with Gasteiger partial charge < -0.3 is 0 Å². The van der Waals surface area contributed by atoms with Crippen molar-refractivity contribution in [2.45, 2.75) is 28.0 Å². The van der Waals surface area contributed by atoms with Crippen LogP contribution in [0.5, 0.6) is 0 Å². The Balaban J connectivity index is 0.000000172. The van der Waals surface area contributed by atoms with Gasteiger partial charge in [0.2, 0.25) is 26.5 Å². The molecule has 4 unspecified atom stereocenters. The van der Waals surface area contributed by atoms with E-state index in [-0.39, 0.29) is 40.3 Å². The van der Waals surface area contributed by atoms with E-state index in [1.165, 1.54) is 79.9 Å². The van der Waals surface area contributed by atoms with Crippen LogP contribution in [0, 0.1) is 0 Å². The zero-order valence-electron chi connectivity index (χ0n) is 39.0. The molecule has 0 saturated heterocycles. The van der Waals surface area contributed by atoms with Gasteiger partial charge in [-0.05, 0) is 111 Å². The molecule has 0 spiro atoms. The maximum Gasteiger partial charge on any atom is 0.254 e. The topological polar surface area (TPSA) is 215 Å². The van der Waals surface area contributed by atoms with E-state index in [4.69, 9.17) is 81.4 Å². The van der Waals surface area contributed by atoms with E-state index in [2.05, 4.69) is 120 Å². The summed E-state index contributed by atoms with van der Waals surface area (Å²) in [7, 11) is 0. The van der Waals surface area contributed by atoms with E-state index in [1.807, 2.05) is 6.07 Å². The molecule has 33 heteroatoms. The number of hydrogen-bond donors (Lipinski definition) is 0. The standard InChI is InChI=1S/C15H10Br2Cl2N6O2.C10H6BrCl2N3O.C10H8BrCl2N3O.C10H8BrClFN3O/c1-8(24-6-20-4-22-24)13(26)11-10(18)3-2-9(12(11)19)14(27)15(16,17)25-7-21-5-23-25;11-10(13,16-6-14-5-15-16)9(17)7-3-1-2-4-8(7)12;2*11-10(12,16-7-15(13)6-14-16)9(17)8-4-2-1-3-5-8/h2-8H,1H3;1-6H;2*1-6H,7H2. The lowest BCUT2D eigenvalue weighted by molar-refractivity contribution is 0.0603. The van der Waals surface area contributed by atoms with Gasteiger partial charge in [0.25, 0.3) is 11.7 Å². The van der Waals surface area contributed by atoms with E-state index in [0.29, 0.717) is 26.8 Å². The second kappa shape index (κ2) is 27.3. The second-order valence-corrected chi connectivity index (χ2v) is 26.9. The predicted octanol–water partition coefficient (Wildman–Crippen LogP) is 12.4. The van der Waals surface area contributed by atoms with Crippen molar-refractivity contribution in [3.63, 3.8) is 0 Å². The Labute approximate surface area is 519 Å². The van der Waals surface area contributed by atoms with Crippen LogP contribution in [0.4, 0.5) is 4.48 Å². The summed E-state index contributed by atoms with van der Waals surface area (Å²) >= 11 is 58.6. The van der Waals surface area contributed by atoms with Crippen molar-refractivity contribution in [1.82, 2.24) is 63.9 Å². The van der Waals surface area contributed by atoms with Crippen LogP contribution in [-0.2, 0) is 7.26 Å². The number of benzene rings is 4. The van der Waals surface area contributed by atoms with E-state index < -0.39 is 44.3 Å². The first kappa shape index (κ1) is 62.7. The van der Waals surface area contributed by atoms with Gasteiger partial charge in [0.05, 0.1) is 20.6 Å². The third kappa shape index (κ3) is 14.9. The molecule has 9 rings (SSSR count). The number of aromatic nitrogens is 9. The highest BCUT2D eigenvalue weighted by molar-refractivity contribution is 9.25. The molecule has 78 heavy (non-hydrogen) atoms. The molecule has 0 radical (unpaired) electrons. The molecule has 0 amide bonds. The molecule has 4 aromatic carbocycles. The molecule has 5 heterocycles. The maximum atomic E-state index is 13.0. The van der Waals surface area contributed by atoms with Crippen molar-refractivity contribution in [1.29, 1.82) is 0 Å². The van der Waals surface area contributed by atoms with Gasteiger partial charge in [-0.3, -0.25) is 28.4 Å². The highest BCUT2D eigenvalue weighted by Gasteiger charge is 2.44. The summed E-state index contributed by atoms with van der Waals surface area (Å²) in [6.07, 6.45) is 10.3. The number of carbonyl (C=O) groups excluding carboxylic acids is 5. The smallest absolute Gasteiger partial charge is 0.254 e. The molecule has 0 bridgehead atoms. The molecule has 2 aliphatic rings. The summed E-state index contributed by atoms with van der Waals surface area (Å²) < 4.78 is 12.0. The Morgan fingerprint density at radius 2 is 1.06 bits per heavy atom. The van der Waals surface area contributed by atoms with Gasteiger partial charge in [-0.25, -0.2) is 39.0 Å². The fraction of sp³-hybridized carbons (Fsp3) is 0.178. The third-order valence-corrected chi connectivity index (χ3v) is 16.3. The SMILES string of the molecule is CC(C(=O)c1c(Cl)ccc(C(=O)C(Br)(Br)n2cncn2)c1Cl)n1cncn1.O=C(c1ccccc1)C(Cl)(Br)N1CN(Cl)C=N1.O=C(c1ccccc1)C(Cl)(Br)N1CN(F)C=N1.O=C(c1ccccc1Cl)C(Cl)(Br)n1cncn1. The summed E-state index contributed by atoms with van der Waals surface area (Å²) in [5.74, 6) is -1.98. The molecule has 0 fully saturated rings. The number of rotatable bonds is 15. The molecular weight excluding hydrogens is 1500 g/mol. The number of carbonyl (C=O) groups is 5. The highest BCUT2D eigenvalue weighted by atomic mass is 79.9. The Morgan fingerprint density at radius 1 is 0.564 bits per heavy atom. The molecule has 3 aromatic heterocycles. The van der Waals surface area contributed by atoms with Gasteiger partial charge in [0.15, 0.2) is 5.78 Å². The first-order chi connectivity index (χ1) is 36.8. The van der Waals surface area contributed by atoms with Crippen LogP contribution < -0.4 is 0 Å². The van der Waals surface area contributed by atoms with Crippen molar-refractivity contribution < 1.29 is 28.5 Å². The minimum Gasteiger partial charge on any atom is -0.292 e. The second-order valence-electron chi connectivity index (χ2n) is 15.4. The van der Waals surface area contributed by atoms with Crippen LogP contribution in [0.25, 0.3) is 0 Å². The summed E-state index contributed by atoms with van der Waals surface area (Å²) in [4.78, 5) is 73.9. The third-order valence-electron chi connectivity index (χ3n) is 10.3. The maximum absolute atomic E-state index is 13.0. The predicted molar refractivity (Wildman–Crippen MR) is 312 cm³/mol. The van der Waals surface area contributed by atoms with Crippen molar-refractivity contribution >= 4 is 203 Å². The minimum atomic E-state index is -1.58. The number of halogens is 13. The molecule has 4 atom stereocenters. The van der Waals surface area contributed by atoms with Gasteiger partial charge in [0, 0.05) is 34.0 Å². The first-order valence-electron chi connectivity index (χ1n) is 21.4. The summed E-state index contributed by atoms with van der Waals surface area (Å²) in [5, 5.41) is 22.6. The average molecular weight is 1530 g/mol. The lowest BCUT2D eigenvalue weighted by Gasteiger charge is -2.27. The first-order valence-corrected chi connectivity index (χ1v) is 28.0. The fourth-order valence-electron chi connectivity index (χ4n) is 6.31. The summed E-state index contributed by atoms with van der Waals surface area (Å²) in [6.45, 7) is 1.66. The molecule has 0 N–H and O–H groups in total. The van der Waals surface area contributed by atoms with Crippen LogP contribution in [-0.4, -0.2) is 127 Å². The summed E-state index contributed by atoms with van der Waals surface area (Å²) in [5.41, 5.74) is 1.35. The van der Waals surface area contributed by atoms with Crippen molar-refractivity contribution in [3.05, 3.63) is 178 Å². The average Bonchev–Trinajstić information content (AvgIpc) is 4.30. The molecule has 0 aliphatic carbocycles. The molecule has 7 aromatic rings. The quantitative estimate of drug-likeness (QED) is 0.0404. The lowest BCUT2D eigenvalue weighted by Crippen LogP contribution is -2.42. The molecule has 408 valence electrons. The molecular formula is C45H32Br5Cl7FN15O5. The Bertz CT molecular complexity index is 3200. The Morgan fingerprint density at radius 3 is 1.54 bits per heavy atom. The van der Waals surface area contributed by atoms with Gasteiger partial charge >= 0.3 is 0 Å². The van der Waals surface area contributed by atoms with Crippen LogP contribution in [0.2, 0.25) is 15.1 Å². The Hall–Kier alpha value is -4.45. The minimum absolute atomic E-state index is 0.0292. The van der Waals surface area contributed by atoms with Crippen molar-refractivity contribution in [2.75, 3.05) is 13.3 Å². The number of hydrazone groups is 2. The van der Waals surface area contributed by atoms with Crippen LogP contribution in [0.3, 0.4) is 0 Å². The van der Waals surface area contributed by atoms with E-state index >= 15 is 0 Å². The zero-order valence-corrected chi connectivity index (χ0v) is 52.2. The largest absolute Gasteiger partial charge is 0.292 e. The normalized spacial score (nSPS) is 15.5. The van der Waals surface area contributed by atoms with Crippen molar-refractivity contribution in [3.8, 4) is 0 Å². The zero-order chi connectivity index (χ0) is 57.2. The molecule has 20 nitrogen and oxygen atoms in total. The van der Waals surface area contributed by atoms with Crippen LogP contribution in [0.15, 0.2) is 145 Å². The lowest BCUT2D eigenvalue weighted by atomic mass is 10.0. The fourth-order valence-corrected chi connectivity index (χ4v) is 9.97. The van der Waals surface area contributed by atoms with Gasteiger partial charge in [-0.15, -0.1) is 0 Å². The summed E-state index contributed by atoms with van der Waals surface area (Å²) in [6, 6.07) is 26.1. The Kier molecular flexibility index (Phi) is 22.0. The number of nitrogens with zero attached hydrogens (tertiary/aromatic N) is 15. The van der Waals surface area contributed by atoms with Gasteiger partial charge in [-0.1, -0.05) is 147 Å². The number of hydrogen-bond acceptors (Lipinski definition) is 17. The van der Waals surface area contributed by atoms with E-state index in [1.54, 1.807) is 85.8 Å². The van der Waals surface area contributed by atoms with Gasteiger partial charge in [-0.2, -0.15) is 30.6 Å².